The van der Waals surface area contributed by atoms with E-state index in [1.54, 1.807) is 12.1 Å². The zero-order valence-electron chi connectivity index (χ0n) is 8.86. The van der Waals surface area contributed by atoms with Crippen molar-refractivity contribution < 1.29 is 5.11 Å². The van der Waals surface area contributed by atoms with Crippen LogP contribution in [0.4, 0.5) is 0 Å². The Kier molecular flexibility index (Phi) is 3.70. The van der Waals surface area contributed by atoms with E-state index in [1.807, 2.05) is 44.2 Å². The highest BCUT2D eigenvalue weighted by Gasteiger charge is 2.01. The van der Waals surface area contributed by atoms with E-state index < -0.39 is 0 Å². The summed E-state index contributed by atoms with van der Waals surface area (Å²) in [5.41, 5.74) is 0.318. The van der Waals surface area contributed by atoms with Gasteiger partial charge >= 0.3 is 0 Å². The maximum absolute atomic E-state index is 9.39. The maximum atomic E-state index is 9.39. The zero-order chi connectivity index (χ0) is 11.3. The molecule has 0 spiro atoms. The average molecular weight is 199 g/mol. The summed E-state index contributed by atoms with van der Waals surface area (Å²) in [6, 6.07) is 12.8. The molecule has 0 atom stereocenters. The van der Waals surface area contributed by atoms with Crippen molar-refractivity contribution in [2.45, 2.75) is 13.8 Å². The van der Waals surface area contributed by atoms with Crippen LogP contribution in [0.2, 0.25) is 0 Å². The molecule has 0 radical (unpaired) electrons. The maximum Gasteiger partial charge on any atom is 0.133 e. The molecule has 0 heterocycles. The van der Waals surface area contributed by atoms with Gasteiger partial charge in [0.15, 0.2) is 0 Å². The number of nitrogens with zero attached hydrogens (tertiary/aromatic N) is 1. The molecule has 76 valence electrons. The van der Waals surface area contributed by atoms with Gasteiger partial charge in [-0.1, -0.05) is 38.1 Å². The van der Waals surface area contributed by atoms with Crippen molar-refractivity contribution in [1.82, 2.24) is 0 Å². The van der Waals surface area contributed by atoms with Crippen LogP contribution in [0.1, 0.15) is 19.4 Å². The molecule has 0 aromatic heterocycles. The lowest BCUT2D eigenvalue weighted by Gasteiger charge is -1.99. The highest BCUT2D eigenvalue weighted by molar-refractivity contribution is 5.85. The Morgan fingerprint density at radius 3 is 2.13 bits per heavy atom. The van der Waals surface area contributed by atoms with E-state index in [4.69, 9.17) is 5.26 Å². The third-order valence-corrected chi connectivity index (χ3v) is 1.98. The van der Waals surface area contributed by atoms with Crippen LogP contribution in [0.25, 0.3) is 10.8 Å². The van der Waals surface area contributed by atoms with Crippen LogP contribution < -0.4 is 0 Å². The van der Waals surface area contributed by atoms with Crippen molar-refractivity contribution in [3.05, 3.63) is 42.0 Å². The van der Waals surface area contributed by atoms with Gasteiger partial charge in [-0.25, -0.2) is 0 Å². The minimum atomic E-state index is 0.0428. The fourth-order valence-corrected chi connectivity index (χ4v) is 1.32. The number of rotatable bonds is 0. The number of fused-ring (bicyclic) bond motifs is 1. The third kappa shape index (κ3) is 2.26. The molecule has 0 aliphatic carbocycles. The number of nitriles is 1. The molecule has 2 nitrogen and oxygen atoms in total. The van der Waals surface area contributed by atoms with Crippen LogP contribution >= 0.6 is 0 Å². The molecule has 0 amide bonds. The van der Waals surface area contributed by atoms with E-state index >= 15 is 0 Å². The van der Waals surface area contributed by atoms with Gasteiger partial charge in [-0.2, -0.15) is 5.26 Å². The van der Waals surface area contributed by atoms with Crippen molar-refractivity contribution in [1.29, 1.82) is 5.26 Å². The fraction of sp³-hybridized carbons (Fsp3) is 0.154. The van der Waals surface area contributed by atoms with Gasteiger partial charge in [-0.15, -0.1) is 0 Å². The summed E-state index contributed by atoms with van der Waals surface area (Å²) in [6.07, 6.45) is 0. The normalized spacial score (nSPS) is 8.87. The smallest absolute Gasteiger partial charge is 0.133 e. The van der Waals surface area contributed by atoms with Crippen LogP contribution in [0.3, 0.4) is 0 Å². The third-order valence-electron chi connectivity index (χ3n) is 1.98. The Morgan fingerprint density at radius 2 is 1.60 bits per heavy atom. The molecule has 0 saturated carbocycles. The summed E-state index contributed by atoms with van der Waals surface area (Å²) in [7, 11) is 0. The van der Waals surface area contributed by atoms with E-state index in [0.717, 1.165) is 10.8 Å². The first-order valence-electron chi connectivity index (χ1n) is 4.93. The Morgan fingerprint density at radius 1 is 1.07 bits per heavy atom. The molecule has 1 N–H and O–H groups in total. The minimum Gasteiger partial charge on any atom is -0.507 e. The van der Waals surface area contributed by atoms with Crippen molar-refractivity contribution >= 4 is 10.8 Å². The summed E-state index contributed by atoms with van der Waals surface area (Å²) >= 11 is 0. The quantitative estimate of drug-likeness (QED) is 0.706. The summed E-state index contributed by atoms with van der Waals surface area (Å²) in [4.78, 5) is 0. The summed E-state index contributed by atoms with van der Waals surface area (Å²) in [5.74, 6) is 0.0428. The van der Waals surface area contributed by atoms with Gasteiger partial charge in [0.25, 0.3) is 0 Å². The molecule has 0 aliphatic rings. The minimum absolute atomic E-state index is 0.0428. The molecule has 0 fully saturated rings. The molecule has 2 rings (SSSR count). The number of aromatic hydroxyl groups is 1. The molecule has 0 saturated heterocycles. The number of phenolic OH excluding ortho intramolecular Hbond substituents is 1. The molecule has 0 unspecified atom stereocenters. The van der Waals surface area contributed by atoms with Crippen LogP contribution in [-0.4, -0.2) is 5.11 Å². The van der Waals surface area contributed by atoms with Gasteiger partial charge in [0.2, 0.25) is 0 Å². The highest BCUT2D eigenvalue weighted by atomic mass is 16.3. The largest absolute Gasteiger partial charge is 0.507 e. The molecule has 2 heteroatoms. The van der Waals surface area contributed by atoms with Crippen LogP contribution in [0.5, 0.6) is 5.75 Å². The van der Waals surface area contributed by atoms with Gasteiger partial charge in [0.05, 0.1) is 5.56 Å². The fourth-order valence-electron chi connectivity index (χ4n) is 1.32. The van der Waals surface area contributed by atoms with E-state index in [2.05, 4.69) is 0 Å². The summed E-state index contributed by atoms with van der Waals surface area (Å²) in [5, 5.41) is 20.0. The van der Waals surface area contributed by atoms with Crippen molar-refractivity contribution in [2.24, 2.45) is 0 Å². The van der Waals surface area contributed by atoms with Gasteiger partial charge < -0.3 is 5.11 Å². The van der Waals surface area contributed by atoms with E-state index in [9.17, 15) is 5.11 Å². The van der Waals surface area contributed by atoms with Crippen molar-refractivity contribution in [2.75, 3.05) is 0 Å². The number of hydrogen-bond acceptors (Lipinski definition) is 2. The second-order valence-electron chi connectivity index (χ2n) is 2.83. The van der Waals surface area contributed by atoms with Gasteiger partial charge in [-0.3, -0.25) is 0 Å². The topological polar surface area (TPSA) is 44.0 Å². The standard InChI is InChI=1S/C11H7NO.C2H6/c12-7-10-5-8-3-1-2-4-9(8)6-11(10)13;1-2/h1-6,13H;1-2H3. The Bertz CT molecular complexity index is 497. The summed E-state index contributed by atoms with van der Waals surface area (Å²) < 4.78 is 0. The Hall–Kier alpha value is -2.01. The molecular weight excluding hydrogens is 186 g/mol. The van der Waals surface area contributed by atoms with E-state index in [-0.39, 0.29) is 5.75 Å². The lowest BCUT2D eigenvalue weighted by Crippen LogP contribution is -1.78. The number of benzene rings is 2. The molecule has 2 aromatic rings. The van der Waals surface area contributed by atoms with Crippen LogP contribution in [0.15, 0.2) is 36.4 Å². The highest BCUT2D eigenvalue weighted by Crippen LogP contribution is 2.23. The van der Waals surface area contributed by atoms with Gasteiger partial charge in [-0.05, 0) is 22.9 Å². The lowest BCUT2D eigenvalue weighted by atomic mass is 10.1. The van der Waals surface area contributed by atoms with Gasteiger partial charge in [0.1, 0.15) is 11.8 Å². The molecule has 0 aliphatic heterocycles. The first kappa shape index (κ1) is 11.1. The Balaban J connectivity index is 0.000000531. The summed E-state index contributed by atoms with van der Waals surface area (Å²) in [6.45, 7) is 4.00. The van der Waals surface area contributed by atoms with Crippen molar-refractivity contribution in [3.8, 4) is 11.8 Å². The first-order chi connectivity index (χ1) is 7.31. The molecular formula is C13H13NO. The Labute approximate surface area is 89.4 Å². The molecule has 0 bridgehead atoms. The first-order valence-corrected chi connectivity index (χ1v) is 4.93. The van der Waals surface area contributed by atoms with Crippen LogP contribution in [-0.2, 0) is 0 Å². The second kappa shape index (κ2) is 5.02. The monoisotopic (exact) mass is 199 g/mol. The number of phenols is 1. The average Bonchev–Trinajstić information content (AvgIpc) is 2.31. The number of hydrogen-bond donors (Lipinski definition) is 1. The predicted octanol–water partition coefficient (Wildman–Crippen LogP) is 3.44. The van der Waals surface area contributed by atoms with Crippen LogP contribution in [0, 0.1) is 11.3 Å². The molecule has 2 aromatic carbocycles. The molecule has 15 heavy (non-hydrogen) atoms. The lowest BCUT2D eigenvalue weighted by molar-refractivity contribution is 0.474. The van der Waals surface area contributed by atoms with Crippen molar-refractivity contribution in [3.63, 3.8) is 0 Å². The second-order valence-corrected chi connectivity index (χ2v) is 2.83. The predicted molar refractivity (Wildman–Crippen MR) is 61.7 cm³/mol. The van der Waals surface area contributed by atoms with E-state index in [1.165, 1.54) is 0 Å². The van der Waals surface area contributed by atoms with E-state index in [0.29, 0.717) is 5.56 Å². The zero-order valence-corrected chi connectivity index (χ0v) is 8.86. The van der Waals surface area contributed by atoms with Gasteiger partial charge in [0, 0.05) is 0 Å². The SMILES string of the molecule is CC.N#Cc1cc2ccccc2cc1O.